The summed E-state index contributed by atoms with van der Waals surface area (Å²) in [7, 11) is 1.67. The summed E-state index contributed by atoms with van der Waals surface area (Å²) in [6.45, 7) is 17.6. The summed E-state index contributed by atoms with van der Waals surface area (Å²) in [4.78, 5) is 40.8. The first-order valence-corrected chi connectivity index (χ1v) is 15.2. The second-order valence-corrected chi connectivity index (χ2v) is 13.7. The minimum absolute atomic E-state index is 0.0277. The van der Waals surface area contributed by atoms with Crippen LogP contribution in [0.5, 0.6) is 5.75 Å². The lowest BCUT2D eigenvalue weighted by atomic mass is 9.71. The lowest BCUT2D eigenvalue weighted by Crippen LogP contribution is -2.58. The summed E-state index contributed by atoms with van der Waals surface area (Å²) in [5.41, 5.74) is 1.05. The lowest BCUT2D eigenvalue weighted by Gasteiger charge is -2.39. The zero-order valence-electron chi connectivity index (χ0n) is 27.3. The van der Waals surface area contributed by atoms with E-state index in [-0.39, 0.29) is 23.3 Å². The van der Waals surface area contributed by atoms with E-state index in [4.69, 9.17) is 16.3 Å². The fourth-order valence-corrected chi connectivity index (χ4v) is 5.40. The topological polar surface area (TPSA) is 95.9 Å². The third kappa shape index (κ3) is 9.59. The van der Waals surface area contributed by atoms with Gasteiger partial charge in [0, 0.05) is 29.0 Å². The molecule has 0 aromatic heterocycles. The van der Waals surface area contributed by atoms with E-state index in [1.807, 2.05) is 104 Å². The van der Waals surface area contributed by atoms with Gasteiger partial charge in [0.15, 0.2) is 0 Å². The van der Waals surface area contributed by atoms with E-state index in [1.54, 1.807) is 18.0 Å². The number of carbonyl (C=O) groups excluding carboxylic acids is 2. The minimum atomic E-state index is -1.03. The molecule has 2 aromatic rings. The fourth-order valence-electron chi connectivity index (χ4n) is 5.27. The Bertz CT molecular complexity index is 1280. The Balaban J connectivity index is 2.25. The Kier molecular flexibility index (Phi) is 12.4. The molecular formula is C35H49ClN2O5. The highest BCUT2D eigenvalue weighted by atomic mass is 35.5. The van der Waals surface area contributed by atoms with Crippen LogP contribution in [0.3, 0.4) is 0 Å². The maximum Gasteiger partial charge on any atom is 0.331 e. The maximum absolute atomic E-state index is 13.9. The smallest absolute Gasteiger partial charge is 0.331 e. The van der Waals surface area contributed by atoms with Crippen LogP contribution in [0.2, 0.25) is 5.02 Å². The number of carboxylic acids is 1. The van der Waals surface area contributed by atoms with Gasteiger partial charge in [-0.2, -0.15) is 0 Å². The zero-order valence-corrected chi connectivity index (χ0v) is 28.1. The number of nitrogens with one attached hydrogen (secondary N) is 1. The van der Waals surface area contributed by atoms with Gasteiger partial charge >= 0.3 is 5.97 Å². The molecule has 3 atom stereocenters. The van der Waals surface area contributed by atoms with Crippen molar-refractivity contribution in [1.82, 2.24) is 10.2 Å². The van der Waals surface area contributed by atoms with E-state index in [9.17, 15) is 19.5 Å². The van der Waals surface area contributed by atoms with E-state index in [0.29, 0.717) is 18.1 Å². The van der Waals surface area contributed by atoms with Crippen molar-refractivity contribution < 1.29 is 24.2 Å². The molecule has 2 amide bonds. The summed E-state index contributed by atoms with van der Waals surface area (Å²) in [6.07, 6.45) is 2.18. The van der Waals surface area contributed by atoms with Crippen molar-refractivity contribution in [3.05, 3.63) is 76.3 Å². The van der Waals surface area contributed by atoms with Crippen molar-refractivity contribution in [2.24, 2.45) is 17.3 Å². The fraction of sp³-hybridized carbons (Fsp3) is 0.514. The van der Waals surface area contributed by atoms with Crippen LogP contribution in [0, 0.1) is 17.3 Å². The molecule has 8 heteroatoms. The maximum atomic E-state index is 13.9. The first-order chi connectivity index (χ1) is 19.9. The highest BCUT2D eigenvalue weighted by Gasteiger charge is 2.41. The average molecular weight is 613 g/mol. The van der Waals surface area contributed by atoms with Gasteiger partial charge in [-0.1, -0.05) is 97.3 Å². The number of rotatable bonds is 13. The van der Waals surface area contributed by atoms with Crippen LogP contribution in [0.15, 0.2) is 60.2 Å². The molecule has 236 valence electrons. The standard InChI is InChI=1S/C35H49ClN2O5/c1-11-28(35(8,9)25-14-18-27(19-15-25)43-21-24-12-16-26(36)17-13-24)31(39)37-30(34(5,6)7)32(40)38(10)29(22(2)3)20-23(4)33(41)42/h12-20,22,28-30H,11,21H2,1-10H3,(H,37,39)(H,41,42)/b23-20+/t28?,29-,30-/m1/s1. The van der Waals surface area contributed by atoms with Crippen molar-refractivity contribution in [2.75, 3.05) is 7.05 Å². The second-order valence-electron chi connectivity index (χ2n) is 13.3. The van der Waals surface area contributed by atoms with Gasteiger partial charge in [0.25, 0.3) is 0 Å². The van der Waals surface area contributed by atoms with Gasteiger partial charge in [-0.25, -0.2) is 4.79 Å². The van der Waals surface area contributed by atoms with Crippen LogP contribution in [-0.2, 0) is 26.4 Å². The lowest BCUT2D eigenvalue weighted by molar-refractivity contribution is -0.141. The van der Waals surface area contributed by atoms with E-state index >= 15 is 0 Å². The highest BCUT2D eigenvalue weighted by molar-refractivity contribution is 6.30. The predicted octanol–water partition coefficient (Wildman–Crippen LogP) is 7.27. The number of halogens is 1. The van der Waals surface area contributed by atoms with E-state index < -0.39 is 34.8 Å². The summed E-state index contributed by atoms with van der Waals surface area (Å²) in [5.74, 6) is -1.20. The molecule has 0 bridgehead atoms. The number of carboxylic acid groups (broad SMARTS) is 1. The molecule has 0 aliphatic rings. The molecule has 0 spiro atoms. The molecule has 0 saturated carbocycles. The number of ether oxygens (including phenoxy) is 1. The van der Waals surface area contributed by atoms with E-state index in [0.717, 1.165) is 16.9 Å². The predicted molar refractivity (Wildman–Crippen MR) is 173 cm³/mol. The molecule has 0 fully saturated rings. The van der Waals surface area contributed by atoms with Crippen molar-refractivity contribution in [2.45, 2.75) is 92.8 Å². The van der Waals surface area contributed by atoms with Gasteiger partial charge < -0.3 is 20.1 Å². The number of nitrogens with zero attached hydrogens (tertiary/aromatic N) is 1. The van der Waals surface area contributed by atoms with E-state index in [1.165, 1.54) is 6.92 Å². The zero-order chi connectivity index (χ0) is 32.7. The number of aliphatic carboxylic acids is 1. The van der Waals surface area contributed by atoms with Crippen LogP contribution < -0.4 is 10.1 Å². The van der Waals surface area contributed by atoms with Crippen molar-refractivity contribution >= 4 is 29.4 Å². The molecular weight excluding hydrogens is 564 g/mol. The molecule has 0 radical (unpaired) electrons. The molecule has 43 heavy (non-hydrogen) atoms. The van der Waals surface area contributed by atoms with Crippen molar-refractivity contribution in [1.29, 1.82) is 0 Å². The Morgan fingerprint density at radius 1 is 1.00 bits per heavy atom. The van der Waals surface area contributed by atoms with Crippen LogP contribution in [0.4, 0.5) is 0 Å². The molecule has 0 heterocycles. The third-order valence-corrected chi connectivity index (χ3v) is 8.40. The minimum Gasteiger partial charge on any atom is -0.489 e. The molecule has 1 unspecified atom stereocenters. The van der Waals surface area contributed by atoms with Gasteiger partial charge in [-0.15, -0.1) is 0 Å². The summed E-state index contributed by atoms with van der Waals surface area (Å²) in [5, 5.41) is 13.2. The monoisotopic (exact) mass is 612 g/mol. The normalized spacial score (nSPS) is 14.6. The van der Waals surface area contributed by atoms with Gasteiger partial charge in [0.05, 0.1) is 6.04 Å². The summed E-state index contributed by atoms with van der Waals surface area (Å²) < 4.78 is 5.94. The number of amides is 2. The Labute approximate surface area is 262 Å². The number of hydrogen-bond acceptors (Lipinski definition) is 4. The van der Waals surface area contributed by atoms with Crippen LogP contribution in [-0.4, -0.2) is 46.9 Å². The number of hydrogen-bond donors (Lipinski definition) is 2. The van der Waals surface area contributed by atoms with Crippen LogP contribution >= 0.6 is 11.6 Å². The average Bonchev–Trinajstić information content (AvgIpc) is 2.93. The van der Waals surface area contributed by atoms with Gasteiger partial charge in [0.2, 0.25) is 11.8 Å². The quantitative estimate of drug-likeness (QED) is 0.232. The van der Waals surface area contributed by atoms with Crippen molar-refractivity contribution in [3.63, 3.8) is 0 Å². The molecule has 0 saturated heterocycles. The molecule has 0 aliphatic heterocycles. The molecule has 2 N–H and O–H groups in total. The summed E-state index contributed by atoms with van der Waals surface area (Å²) >= 11 is 5.97. The van der Waals surface area contributed by atoms with E-state index in [2.05, 4.69) is 5.32 Å². The number of carbonyl (C=O) groups is 3. The Morgan fingerprint density at radius 2 is 1.56 bits per heavy atom. The number of benzene rings is 2. The van der Waals surface area contributed by atoms with Gasteiger partial charge in [0.1, 0.15) is 18.4 Å². The molecule has 2 rings (SSSR count). The molecule has 2 aromatic carbocycles. The SMILES string of the molecule is CCC(C(=O)N[C@H](C(=O)N(C)[C@H](/C=C(\C)C(=O)O)C(C)C)C(C)(C)C)C(C)(C)c1ccc(OCc2ccc(Cl)cc2)cc1. The van der Waals surface area contributed by atoms with Crippen LogP contribution in [0.25, 0.3) is 0 Å². The first kappa shape index (κ1) is 35.9. The number of likely N-dealkylation sites (N-methyl/N-ethyl adjacent to an activating group) is 1. The Morgan fingerprint density at radius 3 is 2.02 bits per heavy atom. The largest absolute Gasteiger partial charge is 0.489 e. The second kappa shape index (κ2) is 14.9. The van der Waals surface area contributed by atoms with Gasteiger partial charge in [-0.05, 0) is 60.1 Å². The van der Waals surface area contributed by atoms with Crippen molar-refractivity contribution in [3.8, 4) is 5.75 Å². The molecule has 0 aliphatic carbocycles. The Hall–Kier alpha value is -3.32. The third-order valence-electron chi connectivity index (χ3n) is 8.15. The highest BCUT2D eigenvalue weighted by Crippen LogP contribution is 2.36. The first-order valence-electron chi connectivity index (χ1n) is 14.9. The van der Waals surface area contributed by atoms with Crippen LogP contribution in [0.1, 0.15) is 79.9 Å². The molecule has 7 nitrogen and oxygen atoms in total. The summed E-state index contributed by atoms with van der Waals surface area (Å²) in [6, 6.07) is 14.1. The van der Waals surface area contributed by atoms with Gasteiger partial charge in [-0.3, -0.25) is 9.59 Å².